The highest BCUT2D eigenvalue weighted by Crippen LogP contribution is 2.64. The summed E-state index contributed by atoms with van der Waals surface area (Å²) in [7, 11) is 0. The summed E-state index contributed by atoms with van der Waals surface area (Å²) in [6.07, 6.45) is -8.11. The van der Waals surface area contributed by atoms with E-state index in [0.29, 0.717) is 25.7 Å². The molecule has 34 heavy (non-hydrogen) atoms. The first-order valence-electron chi connectivity index (χ1n) is 11.3. The van der Waals surface area contributed by atoms with Gasteiger partial charge in [-0.3, -0.25) is 4.79 Å². The first kappa shape index (κ1) is 25.0. The Kier molecular flexibility index (Phi) is 5.87. The van der Waals surface area contributed by atoms with Gasteiger partial charge in [0.15, 0.2) is 11.9 Å². The van der Waals surface area contributed by atoms with E-state index in [4.69, 9.17) is 0 Å². The fourth-order valence-corrected chi connectivity index (χ4v) is 7.07. The number of alkyl halides is 6. The predicted molar refractivity (Wildman–Crippen MR) is 104 cm³/mol. The van der Waals surface area contributed by atoms with Gasteiger partial charge in [-0.05, 0) is 55.3 Å². The molecular formula is C23H26F6O5. The first-order chi connectivity index (χ1) is 15.6. The lowest BCUT2D eigenvalue weighted by Gasteiger charge is -2.57. The smallest absolute Gasteiger partial charge is 0.455 e. The Labute approximate surface area is 192 Å². The molecule has 3 fully saturated rings. The third kappa shape index (κ3) is 4.02. The average Bonchev–Trinajstić information content (AvgIpc) is 2.97. The van der Waals surface area contributed by atoms with E-state index in [1.807, 2.05) is 13.0 Å². The molecule has 0 aromatic rings. The summed E-state index contributed by atoms with van der Waals surface area (Å²) in [6.45, 7) is 3.74. The second kappa shape index (κ2) is 7.98. The molecule has 0 radical (unpaired) electrons. The molecule has 5 nitrogen and oxygen atoms in total. The van der Waals surface area contributed by atoms with Crippen LogP contribution in [0.15, 0.2) is 11.6 Å². The van der Waals surface area contributed by atoms with Gasteiger partial charge < -0.3 is 9.47 Å². The van der Waals surface area contributed by atoms with Crippen LogP contribution in [0.25, 0.3) is 0 Å². The zero-order valence-electron chi connectivity index (χ0n) is 18.7. The van der Waals surface area contributed by atoms with Crippen LogP contribution >= 0.6 is 0 Å². The van der Waals surface area contributed by atoms with Crippen molar-refractivity contribution in [3.63, 3.8) is 0 Å². The van der Waals surface area contributed by atoms with Gasteiger partial charge in [-0.25, -0.2) is 9.59 Å². The van der Waals surface area contributed by atoms with Crippen molar-refractivity contribution in [3.05, 3.63) is 11.6 Å². The Bertz CT molecular complexity index is 924. The van der Waals surface area contributed by atoms with E-state index < -0.39 is 47.7 Å². The molecule has 4 rings (SSSR count). The van der Waals surface area contributed by atoms with Crippen LogP contribution in [0.4, 0.5) is 26.3 Å². The molecule has 7 atom stereocenters. The number of carbonyl (C=O) groups excluding carboxylic acids is 3. The number of Topliss-reactive ketones (excluding diaryl/α,β-unsaturated/α-hetero) is 1. The van der Waals surface area contributed by atoms with Gasteiger partial charge in [-0.15, -0.1) is 0 Å². The SMILES string of the molecule is C[C@]12CCC(OC(=O)C(F)(F)F)CC1=CC[C@@H]1[C@@H]2CC[C@]2(C)C(OC(=O)C(F)(F)F)C(=O)C[C@@H]12. The average molecular weight is 496 g/mol. The van der Waals surface area contributed by atoms with Gasteiger partial charge in [-0.1, -0.05) is 25.5 Å². The van der Waals surface area contributed by atoms with Crippen molar-refractivity contribution >= 4 is 17.7 Å². The molecule has 0 aromatic carbocycles. The quantitative estimate of drug-likeness (QED) is 0.303. The molecular weight excluding hydrogens is 470 g/mol. The molecule has 0 saturated heterocycles. The van der Waals surface area contributed by atoms with Crippen LogP contribution in [-0.2, 0) is 23.9 Å². The van der Waals surface area contributed by atoms with Gasteiger partial charge >= 0.3 is 24.3 Å². The van der Waals surface area contributed by atoms with Crippen molar-refractivity contribution in [2.24, 2.45) is 28.6 Å². The summed E-state index contributed by atoms with van der Waals surface area (Å²) in [5.41, 5.74) is -0.344. The zero-order chi connectivity index (χ0) is 25.3. The molecule has 0 bridgehead atoms. The summed E-state index contributed by atoms with van der Waals surface area (Å²) < 4.78 is 85.4. The van der Waals surface area contributed by atoms with E-state index in [1.54, 1.807) is 6.92 Å². The molecule has 0 N–H and O–H groups in total. The Morgan fingerprint density at radius 2 is 1.53 bits per heavy atom. The molecule has 0 aromatic heterocycles. The van der Waals surface area contributed by atoms with Gasteiger partial charge in [0.1, 0.15) is 6.10 Å². The molecule has 4 aliphatic carbocycles. The number of fused-ring (bicyclic) bond motifs is 5. The van der Waals surface area contributed by atoms with E-state index in [2.05, 4.69) is 9.47 Å². The van der Waals surface area contributed by atoms with E-state index in [-0.39, 0.29) is 42.4 Å². The molecule has 0 spiro atoms. The van der Waals surface area contributed by atoms with Crippen LogP contribution in [0.3, 0.4) is 0 Å². The molecule has 0 aliphatic heterocycles. The van der Waals surface area contributed by atoms with Crippen molar-refractivity contribution in [1.29, 1.82) is 0 Å². The minimum atomic E-state index is -5.18. The minimum absolute atomic E-state index is 0.0263. The Balaban J connectivity index is 1.53. The summed E-state index contributed by atoms with van der Waals surface area (Å²) in [6, 6.07) is 0. The first-order valence-corrected chi connectivity index (χ1v) is 11.3. The lowest BCUT2D eigenvalue weighted by Crippen LogP contribution is -2.52. The molecule has 190 valence electrons. The van der Waals surface area contributed by atoms with Crippen LogP contribution in [0.1, 0.15) is 58.8 Å². The van der Waals surface area contributed by atoms with E-state index >= 15 is 0 Å². The second-order valence-electron chi connectivity index (χ2n) is 10.5. The highest BCUT2D eigenvalue weighted by atomic mass is 19.4. The molecule has 11 heteroatoms. The highest BCUT2D eigenvalue weighted by Gasteiger charge is 2.63. The number of halogens is 6. The molecule has 2 unspecified atom stereocenters. The number of hydrogen-bond acceptors (Lipinski definition) is 5. The maximum Gasteiger partial charge on any atom is 0.490 e. The Morgan fingerprint density at radius 3 is 2.15 bits per heavy atom. The van der Waals surface area contributed by atoms with Crippen molar-refractivity contribution in [2.45, 2.75) is 83.4 Å². The minimum Gasteiger partial charge on any atom is -0.455 e. The number of rotatable bonds is 2. The highest BCUT2D eigenvalue weighted by molar-refractivity contribution is 5.90. The summed E-state index contributed by atoms with van der Waals surface area (Å²) in [5.74, 6) is -5.28. The largest absolute Gasteiger partial charge is 0.490 e. The Morgan fingerprint density at radius 1 is 0.912 bits per heavy atom. The maximum atomic E-state index is 12.8. The van der Waals surface area contributed by atoms with Crippen molar-refractivity contribution in [2.75, 3.05) is 0 Å². The van der Waals surface area contributed by atoms with Crippen LogP contribution in [0.5, 0.6) is 0 Å². The normalized spacial score (nSPS) is 39.9. The van der Waals surface area contributed by atoms with Crippen LogP contribution in [0, 0.1) is 28.6 Å². The number of esters is 2. The fraction of sp³-hybridized carbons (Fsp3) is 0.783. The number of allylic oxidation sites excluding steroid dienone is 1. The molecule has 0 heterocycles. The predicted octanol–water partition coefficient (Wildman–Crippen LogP) is 5.08. The molecule has 0 amide bonds. The number of hydrogen-bond donors (Lipinski definition) is 0. The van der Waals surface area contributed by atoms with Gasteiger partial charge in [-0.2, -0.15) is 26.3 Å². The lowest BCUT2D eigenvalue weighted by molar-refractivity contribution is -0.211. The van der Waals surface area contributed by atoms with Crippen LogP contribution in [-0.4, -0.2) is 42.3 Å². The zero-order valence-corrected chi connectivity index (χ0v) is 18.7. The standard InChI is InChI=1S/C23H26F6O5/c1-20-7-5-12(33-18(31)22(24,25)26)9-11(20)3-4-13-14(20)6-8-21(2)15(13)10-16(30)17(21)34-19(32)23(27,28)29/h3,12-15,17H,4-10H2,1-2H3/t12?,13-,14+,15+,17?,20+,21+/m1/s1. The Hall–Kier alpha value is -2.07. The van der Waals surface area contributed by atoms with Crippen molar-refractivity contribution in [3.8, 4) is 0 Å². The third-order valence-corrected chi connectivity index (χ3v) is 8.77. The fourth-order valence-electron chi connectivity index (χ4n) is 7.07. The van der Waals surface area contributed by atoms with Crippen LogP contribution in [0.2, 0.25) is 0 Å². The summed E-state index contributed by atoms with van der Waals surface area (Å²) in [4.78, 5) is 35.4. The third-order valence-electron chi connectivity index (χ3n) is 8.77. The number of carbonyl (C=O) groups is 3. The topological polar surface area (TPSA) is 69.7 Å². The van der Waals surface area contributed by atoms with Gasteiger partial charge in [0, 0.05) is 18.3 Å². The van der Waals surface area contributed by atoms with Crippen molar-refractivity contribution < 1.29 is 50.2 Å². The van der Waals surface area contributed by atoms with E-state index in [9.17, 15) is 40.7 Å². The van der Waals surface area contributed by atoms with Crippen LogP contribution < -0.4 is 0 Å². The monoisotopic (exact) mass is 496 g/mol. The maximum absolute atomic E-state index is 12.8. The van der Waals surface area contributed by atoms with Gasteiger partial charge in [0.05, 0.1) is 0 Å². The summed E-state index contributed by atoms with van der Waals surface area (Å²) >= 11 is 0. The molecule has 4 aliphatic rings. The lowest BCUT2D eigenvalue weighted by atomic mass is 9.48. The van der Waals surface area contributed by atoms with E-state index in [1.165, 1.54) is 0 Å². The number of ether oxygens (including phenoxy) is 2. The summed E-state index contributed by atoms with van der Waals surface area (Å²) in [5, 5.41) is 0. The van der Waals surface area contributed by atoms with Gasteiger partial charge in [0.2, 0.25) is 0 Å². The van der Waals surface area contributed by atoms with Crippen molar-refractivity contribution in [1.82, 2.24) is 0 Å². The van der Waals surface area contributed by atoms with E-state index in [0.717, 1.165) is 5.57 Å². The van der Waals surface area contributed by atoms with Gasteiger partial charge in [0.25, 0.3) is 0 Å². The number of ketones is 1. The second-order valence-corrected chi connectivity index (χ2v) is 10.5. The molecule has 3 saturated carbocycles.